The molecule has 4 nitrogen and oxygen atoms in total. The molecule has 5 heteroatoms. The highest BCUT2D eigenvalue weighted by atomic mass is 32.2. The first-order valence-electron chi connectivity index (χ1n) is 5.52. The molecule has 0 amide bonds. The fraction of sp³-hybridized carbons (Fsp3) is 0.385. The molecule has 0 aromatic heterocycles. The molecule has 0 saturated carbocycles. The van der Waals surface area contributed by atoms with Crippen LogP contribution in [0.3, 0.4) is 0 Å². The van der Waals surface area contributed by atoms with Crippen LogP contribution in [0.1, 0.15) is 47.1 Å². The molecule has 2 rings (SSSR count). The zero-order valence-electron chi connectivity index (χ0n) is 10.4. The Bertz CT molecular complexity index is 511. The first-order valence-corrected chi connectivity index (χ1v) is 6.51. The van der Waals surface area contributed by atoms with Gasteiger partial charge < -0.3 is 9.84 Å². The predicted octanol–water partition coefficient (Wildman–Crippen LogP) is 2.90. The molecule has 0 aliphatic carbocycles. The van der Waals surface area contributed by atoms with Crippen LogP contribution in [-0.2, 0) is 10.2 Å². The average Bonchev–Trinajstić information content (AvgIpc) is 2.27. The summed E-state index contributed by atoms with van der Waals surface area (Å²) in [7, 11) is 0. The van der Waals surface area contributed by atoms with Crippen LogP contribution in [0.15, 0.2) is 17.0 Å². The Morgan fingerprint density at radius 3 is 2.61 bits per heavy atom. The van der Waals surface area contributed by atoms with Crippen LogP contribution in [0, 0.1) is 0 Å². The normalized spacial score (nSPS) is 14.9. The molecule has 0 atom stereocenters. The molecule has 0 bridgehead atoms. The first kappa shape index (κ1) is 13.0. The van der Waals surface area contributed by atoms with E-state index in [0.717, 1.165) is 5.56 Å². The SMILES string of the molecule is CC(C)(C)c1cc(C(=O)O)c2c(c1)C(=O)OCS2. The first-order chi connectivity index (χ1) is 8.30. The molecule has 0 spiro atoms. The van der Waals surface area contributed by atoms with Gasteiger partial charge in [-0.25, -0.2) is 9.59 Å². The lowest BCUT2D eigenvalue weighted by molar-refractivity contribution is 0.0565. The van der Waals surface area contributed by atoms with Gasteiger partial charge in [-0.3, -0.25) is 0 Å². The van der Waals surface area contributed by atoms with E-state index in [0.29, 0.717) is 10.5 Å². The summed E-state index contributed by atoms with van der Waals surface area (Å²) in [5, 5.41) is 9.25. The smallest absolute Gasteiger partial charge is 0.340 e. The van der Waals surface area contributed by atoms with Gasteiger partial charge in [0.1, 0.15) is 5.94 Å². The van der Waals surface area contributed by atoms with Crippen LogP contribution >= 0.6 is 11.8 Å². The van der Waals surface area contributed by atoms with Gasteiger partial charge in [-0.2, -0.15) is 0 Å². The molecule has 18 heavy (non-hydrogen) atoms. The second-order valence-electron chi connectivity index (χ2n) is 5.15. The number of aromatic carboxylic acids is 1. The van der Waals surface area contributed by atoms with Crippen molar-refractivity contribution in [2.75, 3.05) is 5.94 Å². The van der Waals surface area contributed by atoms with E-state index in [1.807, 2.05) is 20.8 Å². The number of carbonyl (C=O) groups is 2. The van der Waals surface area contributed by atoms with Gasteiger partial charge in [-0.15, -0.1) is 0 Å². The van der Waals surface area contributed by atoms with Crippen molar-refractivity contribution in [3.63, 3.8) is 0 Å². The van der Waals surface area contributed by atoms with Crippen molar-refractivity contribution in [1.82, 2.24) is 0 Å². The minimum atomic E-state index is -1.01. The summed E-state index contributed by atoms with van der Waals surface area (Å²) in [4.78, 5) is 23.5. The number of carboxylic acid groups (broad SMARTS) is 1. The van der Waals surface area contributed by atoms with Crippen LogP contribution in [0.4, 0.5) is 0 Å². The lowest BCUT2D eigenvalue weighted by Crippen LogP contribution is -2.19. The van der Waals surface area contributed by atoms with Crippen LogP contribution in [-0.4, -0.2) is 23.0 Å². The van der Waals surface area contributed by atoms with E-state index in [2.05, 4.69) is 0 Å². The van der Waals surface area contributed by atoms with Gasteiger partial charge in [-0.05, 0) is 23.1 Å². The molecule has 1 aliphatic rings. The summed E-state index contributed by atoms with van der Waals surface area (Å²) in [6, 6.07) is 3.38. The van der Waals surface area contributed by atoms with Crippen molar-refractivity contribution >= 4 is 23.7 Å². The van der Waals surface area contributed by atoms with E-state index in [-0.39, 0.29) is 16.9 Å². The molecule has 0 radical (unpaired) electrons. The maximum absolute atomic E-state index is 11.7. The number of benzene rings is 1. The number of hydrogen-bond donors (Lipinski definition) is 1. The molecule has 1 aromatic rings. The highest BCUT2D eigenvalue weighted by molar-refractivity contribution is 7.99. The molecule has 0 saturated heterocycles. The monoisotopic (exact) mass is 266 g/mol. The predicted molar refractivity (Wildman–Crippen MR) is 68.2 cm³/mol. The molecule has 1 aliphatic heterocycles. The van der Waals surface area contributed by atoms with Crippen LogP contribution < -0.4 is 0 Å². The van der Waals surface area contributed by atoms with Gasteiger partial charge >= 0.3 is 11.9 Å². The Balaban J connectivity index is 2.70. The molecular weight excluding hydrogens is 252 g/mol. The summed E-state index contributed by atoms with van der Waals surface area (Å²) in [6.07, 6.45) is 0. The third-order valence-electron chi connectivity index (χ3n) is 2.80. The third-order valence-corrected chi connectivity index (χ3v) is 3.76. The Hall–Kier alpha value is -1.49. The van der Waals surface area contributed by atoms with Crippen molar-refractivity contribution < 1.29 is 19.4 Å². The number of carboxylic acids is 1. The van der Waals surface area contributed by atoms with Crippen LogP contribution in [0.25, 0.3) is 0 Å². The van der Waals surface area contributed by atoms with Crippen molar-refractivity contribution in [1.29, 1.82) is 0 Å². The molecule has 0 unspecified atom stereocenters. The topological polar surface area (TPSA) is 63.6 Å². The Morgan fingerprint density at radius 2 is 2.06 bits per heavy atom. The number of carbonyl (C=O) groups excluding carboxylic acids is 1. The molecular formula is C13H14O4S. The standard InChI is InChI=1S/C13H14O4S/c1-13(2,3)7-4-8(11(14)15)10-9(5-7)12(16)17-6-18-10/h4-5H,6H2,1-3H3,(H,14,15). The highest BCUT2D eigenvalue weighted by Crippen LogP contribution is 2.36. The molecule has 96 valence electrons. The van der Waals surface area contributed by atoms with Gasteiger partial charge in [0.05, 0.1) is 11.1 Å². The van der Waals surface area contributed by atoms with Gasteiger partial charge in [-0.1, -0.05) is 32.5 Å². The average molecular weight is 266 g/mol. The summed E-state index contributed by atoms with van der Waals surface area (Å²) in [5.41, 5.74) is 1.13. The van der Waals surface area contributed by atoms with E-state index in [1.54, 1.807) is 12.1 Å². The fourth-order valence-electron chi connectivity index (χ4n) is 1.75. The Labute approximate surface area is 109 Å². The van der Waals surface area contributed by atoms with E-state index < -0.39 is 11.9 Å². The number of esters is 1. The summed E-state index contributed by atoms with van der Waals surface area (Å²) < 4.78 is 4.94. The number of fused-ring (bicyclic) bond motifs is 1. The quantitative estimate of drug-likeness (QED) is 0.792. The maximum atomic E-state index is 11.7. The minimum Gasteiger partial charge on any atom is -0.478 e. The molecule has 1 N–H and O–H groups in total. The van der Waals surface area contributed by atoms with E-state index in [9.17, 15) is 14.7 Å². The van der Waals surface area contributed by atoms with E-state index >= 15 is 0 Å². The maximum Gasteiger partial charge on any atom is 0.340 e. The van der Waals surface area contributed by atoms with Crippen LogP contribution in [0.5, 0.6) is 0 Å². The molecule has 1 heterocycles. The van der Waals surface area contributed by atoms with Gasteiger partial charge in [0.25, 0.3) is 0 Å². The van der Waals surface area contributed by atoms with Crippen LogP contribution in [0.2, 0.25) is 0 Å². The number of hydrogen-bond acceptors (Lipinski definition) is 4. The van der Waals surface area contributed by atoms with Gasteiger partial charge in [0.2, 0.25) is 0 Å². The van der Waals surface area contributed by atoms with Gasteiger partial charge in [0, 0.05) is 4.90 Å². The number of rotatable bonds is 1. The third kappa shape index (κ3) is 2.22. The largest absolute Gasteiger partial charge is 0.478 e. The Kier molecular flexibility index (Phi) is 3.11. The Morgan fingerprint density at radius 1 is 1.39 bits per heavy atom. The zero-order valence-corrected chi connectivity index (χ0v) is 11.3. The van der Waals surface area contributed by atoms with Gasteiger partial charge in [0.15, 0.2) is 0 Å². The summed E-state index contributed by atoms with van der Waals surface area (Å²) in [6.45, 7) is 5.92. The second kappa shape index (κ2) is 4.31. The molecule has 1 aromatic carbocycles. The number of cyclic esters (lactones) is 1. The number of ether oxygens (including phenoxy) is 1. The lowest BCUT2D eigenvalue weighted by Gasteiger charge is -2.24. The van der Waals surface area contributed by atoms with Crippen molar-refractivity contribution in [2.45, 2.75) is 31.1 Å². The second-order valence-corrected chi connectivity index (χ2v) is 6.08. The van der Waals surface area contributed by atoms with E-state index in [4.69, 9.17) is 4.74 Å². The lowest BCUT2D eigenvalue weighted by atomic mass is 9.85. The summed E-state index contributed by atoms with van der Waals surface area (Å²) in [5.74, 6) is -1.29. The minimum absolute atomic E-state index is 0.168. The highest BCUT2D eigenvalue weighted by Gasteiger charge is 2.28. The van der Waals surface area contributed by atoms with Crippen molar-refractivity contribution in [3.8, 4) is 0 Å². The van der Waals surface area contributed by atoms with Crippen molar-refractivity contribution in [2.24, 2.45) is 0 Å². The number of thioether (sulfide) groups is 1. The van der Waals surface area contributed by atoms with E-state index in [1.165, 1.54) is 11.8 Å². The van der Waals surface area contributed by atoms with Crippen molar-refractivity contribution in [3.05, 3.63) is 28.8 Å². The zero-order chi connectivity index (χ0) is 13.5. The summed E-state index contributed by atoms with van der Waals surface area (Å²) >= 11 is 1.24. The fourth-order valence-corrected chi connectivity index (χ4v) is 2.63. The molecule has 0 fully saturated rings.